The van der Waals surface area contributed by atoms with Gasteiger partial charge in [-0.15, -0.1) is 0 Å². The van der Waals surface area contributed by atoms with Crippen molar-refractivity contribution in [2.24, 2.45) is 5.73 Å². The lowest BCUT2D eigenvalue weighted by Crippen LogP contribution is -2.19. The van der Waals surface area contributed by atoms with E-state index in [2.05, 4.69) is 15.0 Å². The molecule has 6 nitrogen and oxygen atoms in total. The van der Waals surface area contributed by atoms with Crippen LogP contribution in [0.25, 0.3) is 0 Å². The monoisotopic (exact) mass is 238 g/mol. The maximum atomic E-state index is 5.73. The Labute approximate surface area is 100 Å². The summed E-state index contributed by atoms with van der Waals surface area (Å²) in [6, 6.07) is 0. The first kappa shape index (κ1) is 11.0. The summed E-state index contributed by atoms with van der Waals surface area (Å²) in [6.07, 6.45) is 4.39. The lowest BCUT2D eigenvalue weighted by atomic mass is 10.2. The molecule has 2 fully saturated rings. The molecule has 0 radical (unpaired) electrons. The Morgan fingerprint density at radius 1 is 1.29 bits per heavy atom. The second-order valence-electron chi connectivity index (χ2n) is 4.69. The molecular formula is C11H18N4O2. The van der Waals surface area contributed by atoms with Gasteiger partial charge in [0.05, 0.1) is 6.10 Å². The molecule has 6 heteroatoms. The summed E-state index contributed by atoms with van der Waals surface area (Å²) in [4.78, 5) is 6.58. The van der Waals surface area contributed by atoms with Gasteiger partial charge in [-0.05, 0) is 30.8 Å². The third-order valence-electron chi connectivity index (χ3n) is 3.47. The average molecular weight is 238 g/mol. The van der Waals surface area contributed by atoms with E-state index in [0.29, 0.717) is 18.4 Å². The van der Waals surface area contributed by atoms with E-state index in [1.807, 2.05) is 0 Å². The Hall–Kier alpha value is -1.14. The normalized spacial score (nSPS) is 29.1. The van der Waals surface area contributed by atoms with Crippen molar-refractivity contribution in [1.82, 2.24) is 10.1 Å². The Bertz CT molecular complexity index is 375. The number of rotatable bonds is 3. The minimum absolute atomic E-state index is 0.0626. The van der Waals surface area contributed by atoms with Gasteiger partial charge >= 0.3 is 0 Å². The third-order valence-corrected chi connectivity index (χ3v) is 3.47. The SMILES string of the molecule is NCC1CCC(c2nc(N3CCCC3)no2)O1. The van der Waals surface area contributed by atoms with Crippen molar-refractivity contribution in [1.29, 1.82) is 0 Å². The molecule has 2 aliphatic heterocycles. The molecule has 2 aliphatic rings. The molecule has 0 bridgehead atoms. The molecule has 3 heterocycles. The van der Waals surface area contributed by atoms with Crippen molar-refractivity contribution in [2.45, 2.75) is 37.9 Å². The van der Waals surface area contributed by atoms with Crippen LogP contribution < -0.4 is 10.6 Å². The number of hydrogen-bond acceptors (Lipinski definition) is 6. The van der Waals surface area contributed by atoms with Crippen LogP contribution in [-0.4, -0.2) is 35.9 Å². The smallest absolute Gasteiger partial charge is 0.266 e. The van der Waals surface area contributed by atoms with Crippen LogP contribution in [0.2, 0.25) is 0 Å². The largest absolute Gasteiger partial charge is 0.364 e. The second-order valence-corrected chi connectivity index (χ2v) is 4.69. The molecule has 2 N–H and O–H groups in total. The van der Waals surface area contributed by atoms with Crippen LogP contribution in [0.1, 0.15) is 37.7 Å². The fourth-order valence-corrected chi connectivity index (χ4v) is 2.46. The lowest BCUT2D eigenvalue weighted by Gasteiger charge is -2.10. The molecule has 2 unspecified atom stereocenters. The number of ether oxygens (including phenoxy) is 1. The van der Waals surface area contributed by atoms with Gasteiger partial charge in [-0.3, -0.25) is 0 Å². The minimum Gasteiger partial charge on any atom is -0.364 e. The molecule has 0 aliphatic carbocycles. The third kappa shape index (κ3) is 2.14. The van der Waals surface area contributed by atoms with E-state index < -0.39 is 0 Å². The summed E-state index contributed by atoms with van der Waals surface area (Å²) in [7, 11) is 0. The summed E-state index contributed by atoms with van der Waals surface area (Å²) in [5.74, 6) is 1.31. The van der Waals surface area contributed by atoms with Crippen molar-refractivity contribution in [2.75, 3.05) is 24.5 Å². The maximum absolute atomic E-state index is 5.73. The molecule has 1 aromatic heterocycles. The number of hydrogen-bond donors (Lipinski definition) is 1. The average Bonchev–Trinajstić information content (AvgIpc) is 3.09. The highest BCUT2D eigenvalue weighted by molar-refractivity contribution is 5.29. The van der Waals surface area contributed by atoms with Crippen LogP contribution in [0.5, 0.6) is 0 Å². The van der Waals surface area contributed by atoms with E-state index in [9.17, 15) is 0 Å². The van der Waals surface area contributed by atoms with Gasteiger partial charge in [-0.25, -0.2) is 0 Å². The van der Waals surface area contributed by atoms with Gasteiger partial charge in [0.25, 0.3) is 11.8 Å². The zero-order valence-electron chi connectivity index (χ0n) is 9.84. The predicted molar refractivity (Wildman–Crippen MR) is 61.6 cm³/mol. The molecular weight excluding hydrogens is 220 g/mol. The van der Waals surface area contributed by atoms with Gasteiger partial charge in [0, 0.05) is 19.6 Å². The summed E-state index contributed by atoms with van der Waals surface area (Å²) in [5, 5.41) is 4.02. The van der Waals surface area contributed by atoms with Gasteiger partial charge in [0.2, 0.25) is 0 Å². The van der Waals surface area contributed by atoms with E-state index in [-0.39, 0.29) is 12.2 Å². The molecule has 3 rings (SSSR count). The number of nitrogens with two attached hydrogens (primary N) is 1. The van der Waals surface area contributed by atoms with Gasteiger partial charge in [0.1, 0.15) is 6.10 Å². The zero-order valence-corrected chi connectivity index (χ0v) is 9.84. The van der Waals surface area contributed by atoms with E-state index >= 15 is 0 Å². The Morgan fingerprint density at radius 3 is 2.82 bits per heavy atom. The highest BCUT2D eigenvalue weighted by atomic mass is 16.5. The molecule has 1 aromatic rings. The van der Waals surface area contributed by atoms with Crippen molar-refractivity contribution in [3.8, 4) is 0 Å². The highest BCUT2D eigenvalue weighted by Gasteiger charge is 2.30. The number of nitrogens with zero attached hydrogens (tertiary/aromatic N) is 3. The first-order valence-electron chi connectivity index (χ1n) is 6.31. The van der Waals surface area contributed by atoms with Gasteiger partial charge in [0.15, 0.2) is 0 Å². The van der Waals surface area contributed by atoms with Crippen LogP contribution in [0.4, 0.5) is 5.95 Å². The summed E-state index contributed by atoms with van der Waals surface area (Å²) in [6.45, 7) is 2.61. The van der Waals surface area contributed by atoms with E-state index in [4.69, 9.17) is 15.0 Å². The number of anilines is 1. The fraction of sp³-hybridized carbons (Fsp3) is 0.818. The lowest BCUT2D eigenvalue weighted by molar-refractivity contribution is 0.0307. The van der Waals surface area contributed by atoms with Crippen LogP contribution >= 0.6 is 0 Å². The van der Waals surface area contributed by atoms with Gasteiger partial charge in [-0.2, -0.15) is 4.98 Å². The first-order chi connectivity index (χ1) is 8.36. The quantitative estimate of drug-likeness (QED) is 0.841. The Kier molecular flexibility index (Phi) is 2.98. The molecule has 2 saturated heterocycles. The Morgan fingerprint density at radius 2 is 2.12 bits per heavy atom. The van der Waals surface area contributed by atoms with Crippen LogP contribution in [0.3, 0.4) is 0 Å². The summed E-state index contributed by atoms with van der Waals surface area (Å²) >= 11 is 0. The molecule has 0 aromatic carbocycles. The van der Waals surface area contributed by atoms with Gasteiger partial charge < -0.3 is 19.9 Å². The summed E-state index contributed by atoms with van der Waals surface area (Å²) in [5.41, 5.74) is 5.58. The van der Waals surface area contributed by atoms with Crippen LogP contribution in [-0.2, 0) is 4.74 Å². The maximum Gasteiger partial charge on any atom is 0.266 e. The van der Waals surface area contributed by atoms with E-state index in [1.165, 1.54) is 12.8 Å². The topological polar surface area (TPSA) is 77.4 Å². The molecule has 0 spiro atoms. The standard InChI is InChI=1S/C11H18N4O2/c12-7-8-3-4-9(16-8)10-13-11(14-17-10)15-5-1-2-6-15/h8-9H,1-7,12H2. The zero-order chi connectivity index (χ0) is 11.7. The molecule has 0 saturated carbocycles. The van der Waals surface area contributed by atoms with Crippen molar-refractivity contribution < 1.29 is 9.26 Å². The fourth-order valence-electron chi connectivity index (χ4n) is 2.46. The molecule has 94 valence electrons. The molecule has 17 heavy (non-hydrogen) atoms. The Balaban J connectivity index is 1.68. The van der Waals surface area contributed by atoms with E-state index in [1.54, 1.807) is 0 Å². The first-order valence-corrected chi connectivity index (χ1v) is 6.31. The summed E-state index contributed by atoms with van der Waals surface area (Å²) < 4.78 is 11.0. The highest BCUT2D eigenvalue weighted by Crippen LogP contribution is 2.32. The molecule has 0 amide bonds. The van der Waals surface area contributed by atoms with Crippen LogP contribution in [0.15, 0.2) is 4.52 Å². The molecule has 2 atom stereocenters. The van der Waals surface area contributed by atoms with Crippen molar-refractivity contribution in [3.05, 3.63) is 5.89 Å². The number of aromatic nitrogens is 2. The van der Waals surface area contributed by atoms with Crippen LogP contribution in [0, 0.1) is 0 Å². The minimum atomic E-state index is -0.0626. The predicted octanol–water partition coefficient (Wildman–Crippen LogP) is 0.849. The van der Waals surface area contributed by atoms with Gasteiger partial charge in [-0.1, -0.05) is 0 Å². The van der Waals surface area contributed by atoms with Crippen molar-refractivity contribution >= 4 is 5.95 Å². The van der Waals surface area contributed by atoms with Crippen molar-refractivity contribution in [3.63, 3.8) is 0 Å². The second kappa shape index (κ2) is 4.62. The van der Waals surface area contributed by atoms with E-state index in [0.717, 1.165) is 25.9 Å².